The highest BCUT2D eigenvalue weighted by Gasteiger charge is 2.31. The maximum Gasteiger partial charge on any atom is 0.407 e. The number of fused-ring (bicyclic) bond motifs is 3. The number of H-pyrrole nitrogens is 1. The van der Waals surface area contributed by atoms with Gasteiger partial charge >= 0.3 is 12.1 Å². The van der Waals surface area contributed by atoms with Crippen molar-refractivity contribution in [2.75, 3.05) is 20.2 Å². The van der Waals surface area contributed by atoms with E-state index in [0.717, 1.165) is 22.3 Å². The normalized spacial score (nSPS) is 13.9. The number of nitrogens with one attached hydrogen (secondary N) is 2. The van der Waals surface area contributed by atoms with Crippen LogP contribution in [0, 0.1) is 5.92 Å². The number of aromatic nitrogens is 2. The maximum absolute atomic E-state index is 13.1. The molecule has 0 bridgehead atoms. The number of hydrogen-bond donors (Lipinski definition) is 3. The zero-order valence-electron chi connectivity index (χ0n) is 19.6. The number of aromatic amines is 1. The number of imidazole rings is 1. The molecular formula is C26H28N4O5. The van der Waals surface area contributed by atoms with E-state index in [0.29, 0.717) is 5.69 Å². The van der Waals surface area contributed by atoms with Crippen LogP contribution in [-0.4, -0.2) is 64.2 Å². The van der Waals surface area contributed by atoms with Crippen molar-refractivity contribution in [3.8, 4) is 11.1 Å². The predicted molar refractivity (Wildman–Crippen MR) is 129 cm³/mol. The van der Waals surface area contributed by atoms with Gasteiger partial charge in [0, 0.05) is 37.8 Å². The molecule has 4 rings (SSSR count). The van der Waals surface area contributed by atoms with Crippen molar-refractivity contribution >= 4 is 18.0 Å². The molecule has 0 saturated carbocycles. The third-order valence-electron chi connectivity index (χ3n) is 6.26. The monoisotopic (exact) mass is 476 g/mol. The Balaban J connectivity index is 1.44. The molecule has 182 valence electrons. The minimum Gasteiger partial charge on any atom is -0.481 e. The second kappa shape index (κ2) is 10.4. The lowest BCUT2D eigenvalue weighted by atomic mass is 9.98. The summed E-state index contributed by atoms with van der Waals surface area (Å²) in [6.07, 6.45) is 2.50. The van der Waals surface area contributed by atoms with E-state index in [2.05, 4.69) is 27.4 Å². The van der Waals surface area contributed by atoms with Crippen molar-refractivity contribution < 1.29 is 24.2 Å². The lowest BCUT2D eigenvalue weighted by molar-refractivity contribution is -0.143. The number of likely N-dealkylation sites (N-methyl/N-ethyl adjacent to an activating group) is 1. The average Bonchev–Trinajstić information content (AvgIpc) is 3.47. The fourth-order valence-electron chi connectivity index (χ4n) is 4.44. The summed E-state index contributed by atoms with van der Waals surface area (Å²) in [6.45, 7) is 1.66. The molecule has 2 aromatic carbocycles. The van der Waals surface area contributed by atoms with Gasteiger partial charge in [-0.25, -0.2) is 9.78 Å². The van der Waals surface area contributed by atoms with E-state index in [1.54, 1.807) is 6.20 Å². The van der Waals surface area contributed by atoms with Crippen LogP contribution in [-0.2, 0) is 20.7 Å². The van der Waals surface area contributed by atoms with E-state index in [9.17, 15) is 19.5 Å². The van der Waals surface area contributed by atoms with Gasteiger partial charge in [-0.3, -0.25) is 9.59 Å². The van der Waals surface area contributed by atoms with Crippen molar-refractivity contribution in [1.82, 2.24) is 20.2 Å². The third kappa shape index (κ3) is 5.34. The molecule has 9 nitrogen and oxygen atoms in total. The zero-order chi connectivity index (χ0) is 24.9. The molecule has 0 spiro atoms. The molecule has 1 heterocycles. The van der Waals surface area contributed by atoms with Crippen LogP contribution in [0.5, 0.6) is 0 Å². The Morgan fingerprint density at radius 2 is 1.74 bits per heavy atom. The van der Waals surface area contributed by atoms with Crippen molar-refractivity contribution in [1.29, 1.82) is 0 Å². The van der Waals surface area contributed by atoms with Crippen LogP contribution < -0.4 is 5.32 Å². The minimum absolute atomic E-state index is 0.0139. The van der Waals surface area contributed by atoms with Gasteiger partial charge in [0.25, 0.3) is 0 Å². The standard InChI is InChI=1S/C26H28N4O5/c1-16(25(32)33)13-30(2)24(31)23(11-17-12-27-15-28-17)29-26(34)35-14-22-20-9-5-3-7-18(20)19-8-4-6-10-21(19)22/h3-10,12,15-16,22-23H,11,13-14H2,1-2H3,(H,27,28)(H,29,34)(H,32,33)/t16?,23-/m1/s1. The van der Waals surface area contributed by atoms with Crippen molar-refractivity contribution in [2.45, 2.75) is 25.3 Å². The number of benzene rings is 2. The predicted octanol–water partition coefficient (Wildman–Crippen LogP) is 3.04. The molecule has 3 N–H and O–H groups in total. The zero-order valence-corrected chi connectivity index (χ0v) is 19.6. The second-order valence-electron chi connectivity index (χ2n) is 8.76. The highest BCUT2D eigenvalue weighted by atomic mass is 16.5. The highest BCUT2D eigenvalue weighted by Crippen LogP contribution is 2.44. The first-order valence-electron chi connectivity index (χ1n) is 11.4. The Hall–Kier alpha value is -4.14. The lowest BCUT2D eigenvalue weighted by Gasteiger charge is -2.25. The number of aliphatic carboxylic acids is 1. The lowest BCUT2D eigenvalue weighted by Crippen LogP contribution is -2.50. The summed E-state index contributed by atoms with van der Waals surface area (Å²) in [5.41, 5.74) is 5.09. The quantitative estimate of drug-likeness (QED) is 0.436. The first kappa shape index (κ1) is 24.0. The summed E-state index contributed by atoms with van der Waals surface area (Å²) in [6, 6.07) is 15.1. The molecule has 0 fully saturated rings. The van der Waals surface area contributed by atoms with Crippen molar-refractivity contribution in [3.05, 3.63) is 77.9 Å². The average molecular weight is 477 g/mol. The van der Waals surface area contributed by atoms with E-state index < -0.39 is 29.9 Å². The molecule has 0 saturated heterocycles. The Kier molecular flexibility index (Phi) is 7.14. The SMILES string of the molecule is CC(CN(C)C(=O)[C@@H](Cc1cnc[nH]1)NC(=O)OCC1c2ccccc2-c2ccccc21)C(=O)O. The smallest absolute Gasteiger partial charge is 0.407 e. The van der Waals surface area contributed by atoms with Gasteiger partial charge in [0.1, 0.15) is 12.6 Å². The maximum atomic E-state index is 13.1. The first-order chi connectivity index (χ1) is 16.8. The summed E-state index contributed by atoms with van der Waals surface area (Å²) < 4.78 is 5.60. The van der Waals surface area contributed by atoms with E-state index in [1.165, 1.54) is 25.2 Å². The van der Waals surface area contributed by atoms with Gasteiger partial charge in [0.05, 0.1) is 12.2 Å². The molecule has 1 aromatic heterocycles. The Morgan fingerprint density at radius 1 is 1.11 bits per heavy atom. The van der Waals surface area contributed by atoms with E-state index >= 15 is 0 Å². The fraction of sp³-hybridized carbons (Fsp3) is 0.308. The molecule has 1 aliphatic carbocycles. The molecule has 2 atom stereocenters. The Bertz CT molecular complexity index is 1160. The number of ether oxygens (including phenoxy) is 1. The van der Waals surface area contributed by atoms with Crippen molar-refractivity contribution in [2.24, 2.45) is 5.92 Å². The van der Waals surface area contributed by atoms with Crippen molar-refractivity contribution in [3.63, 3.8) is 0 Å². The Morgan fingerprint density at radius 3 is 2.31 bits per heavy atom. The van der Waals surface area contributed by atoms with Gasteiger partial charge in [0.15, 0.2) is 0 Å². The number of alkyl carbamates (subject to hydrolysis) is 1. The van der Waals surface area contributed by atoms with Crippen LogP contribution >= 0.6 is 0 Å². The van der Waals surface area contributed by atoms with Gasteiger partial charge in [-0.1, -0.05) is 55.5 Å². The number of carbonyl (C=O) groups is 3. The molecule has 0 aliphatic heterocycles. The number of carbonyl (C=O) groups excluding carboxylic acids is 2. The largest absolute Gasteiger partial charge is 0.481 e. The minimum atomic E-state index is -1.00. The molecule has 3 aromatic rings. The van der Waals surface area contributed by atoms with Gasteiger partial charge in [-0.15, -0.1) is 0 Å². The fourth-order valence-corrected chi connectivity index (χ4v) is 4.44. The molecule has 0 radical (unpaired) electrons. The molecule has 2 amide bonds. The number of carboxylic acids is 1. The van der Waals surface area contributed by atoms with E-state index in [1.807, 2.05) is 36.4 Å². The summed E-state index contributed by atoms with van der Waals surface area (Å²) in [7, 11) is 1.52. The number of nitrogens with zero attached hydrogens (tertiary/aromatic N) is 2. The molecule has 1 unspecified atom stereocenters. The second-order valence-corrected chi connectivity index (χ2v) is 8.76. The molecule has 1 aliphatic rings. The van der Waals surface area contributed by atoms with Crippen LogP contribution in [0.15, 0.2) is 61.1 Å². The number of rotatable bonds is 9. The summed E-state index contributed by atoms with van der Waals surface area (Å²) in [5.74, 6) is -2.26. The molecular weight excluding hydrogens is 448 g/mol. The van der Waals surface area contributed by atoms with Crippen LogP contribution in [0.2, 0.25) is 0 Å². The van der Waals surface area contributed by atoms with Crippen LogP contribution in [0.25, 0.3) is 11.1 Å². The van der Waals surface area contributed by atoms with Gasteiger partial charge < -0.3 is 25.0 Å². The first-order valence-corrected chi connectivity index (χ1v) is 11.4. The number of amides is 2. The van der Waals surface area contributed by atoms with E-state index in [4.69, 9.17) is 4.74 Å². The number of hydrogen-bond acceptors (Lipinski definition) is 5. The third-order valence-corrected chi connectivity index (χ3v) is 6.26. The summed E-state index contributed by atoms with van der Waals surface area (Å²) >= 11 is 0. The Labute approximate surface area is 203 Å². The van der Waals surface area contributed by atoms with Crippen LogP contribution in [0.1, 0.15) is 29.7 Å². The summed E-state index contributed by atoms with van der Waals surface area (Å²) in [5, 5.41) is 11.8. The molecule has 9 heteroatoms. The van der Waals surface area contributed by atoms with Gasteiger partial charge in [-0.2, -0.15) is 0 Å². The van der Waals surface area contributed by atoms with Gasteiger partial charge in [-0.05, 0) is 22.3 Å². The topological polar surface area (TPSA) is 125 Å². The molecule has 35 heavy (non-hydrogen) atoms. The van der Waals surface area contributed by atoms with Crippen LogP contribution in [0.3, 0.4) is 0 Å². The summed E-state index contributed by atoms with van der Waals surface area (Å²) in [4.78, 5) is 45.3. The van der Waals surface area contributed by atoms with Gasteiger partial charge in [0.2, 0.25) is 5.91 Å². The van der Waals surface area contributed by atoms with E-state index in [-0.39, 0.29) is 25.5 Å². The number of carboxylic acid groups (broad SMARTS) is 1. The van der Waals surface area contributed by atoms with Crippen LogP contribution in [0.4, 0.5) is 4.79 Å². The highest BCUT2D eigenvalue weighted by molar-refractivity contribution is 5.86.